The topological polar surface area (TPSA) is 0 Å². The Morgan fingerprint density at radius 2 is 1.89 bits per heavy atom. The molecule has 2 aromatic rings. The van der Waals surface area contributed by atoms with E-state index in [9.17, 15) is 0 Å². The minimum absolute atomic E-state index is 0.812. The zero-order chi connectivity index (χ0) is 13.1. The highest BCUT2D eigenvalue weighted by molar-refractivity contribution is 9.10. The van der Waals surface area contributed by atoms with Crippen molar-refractivity contribution in [2.45, 2.75) is 25.1 Å². The Morgan fingerprint density at radius 3 is 2.50 bits per heavy atom. The Morgan fingerprint density at radius 1 is 1.17 bits per heavy atom. The molecule has 18 heavy (non-hydrogen) atoms. The molecule has 2 rings (SSSR count). The van der Waals surface area contributed by atoms with E-state index in [-0.39, 0.29) is 0 Å². The first-order valence-corrected chi connectivity index (χ1v) is 8.85. The molecule has 0 spiro atoms. The fourth-order valence-electron chi connectivity index (χ4n) is 1.76. The molecule has 1 aromatic heterocycles. The average molecular weight is 409 g/mol. The Bertz CT molecular complexity index is 549. The second-order valence-corrected chi connectivity index (χ2v) is 7.14. The van der Waals surface area contributed by atoms with Crippen LogP contribution in [-0.4, -0.2) is 0 Å². The van der Waals surface area contributed by atoms with Gasteiger partial charge in [0, 0.05) is 31.0 Å². The third-order valence-corrected chi connectivity index (χ3v) is 5.71. The zero-order valence-electron chi connectivity index (χ0n) is 9.97. The normalized spacial score (nSPS) is 10.9. The van der Waals surface area contributed by atoms with Gasteiger partial charge in [0.2, 0.25) is 0 Å². The summed E-state index contributed by atoms with van der Waals surface area (Å²) in [5, 5.41) is 1.66. The monoisotopic (exact) mass is 406 g/mol. The molecule has 0 saturated carbocycles. The highest BCUT2D eigenvalue weighted by Crippen LogP contribution is 2.30. The summed E-state index contributed by atoms with van der Waals surface area (Å²) in [6, 6.07) is 8.57. The number of thiophene rings is 1. The Balaban J connectivity index is 2.26. The van der Waals surface area contributed by atoms with E-state index in [1.165, 1.54) is 20.9 Å². The van der Waals surface area contributed by atoms with Crippen molar-refractivity contribution in [1.29, 1.82) is 0 Å². The van der Waals surface area contributed by atoms with Gasteiger partial charge in [-0.15, -0.1) is 11.3 Å². The van der Waals surface area contributed by atoms with E-state index < -0.39 is 0 Å². The number of hydrogen-bond donors (Lipinski definition) is 0. The van der Waals surface area contributed by atoms with Crippen LogP contribution < -0.4 is 0 Å². The molecule has 0 nitrogen and oxygen atoms in total. The fraction of sp³-hybridized carbons (Fsp3) is 0.286. The van der Waals surface area contributed by atoms with E-state index in [1.807, 2.05) is 17.4 Å². The van der Waals surface area contributed by atoms with Crippen LogP contribution in [0.4, 0.5) is 0 Å². The molecule has 0 saturated heterocycles. The van der Waals surface area contributed by atoms with Gasteiger partial charge in [-0.2, -0.15) is 0 Å². The maximum atomic E-state index is 6.33. The maximum Gasteiger partial charge on any atom is 0.0445 e. The van der Waals surface area contributed by atoms with Gasteiger partial charge in [-0.1, -0.05) is 50.4 Å². The molecule has 0 aliphatic carbocycles. The van der Waals surface area contributed by atoms with E-state index in [0.29, 0.717) is 0 Å². The van der Waals surface area contributed by atoms with E-state index >= 15 is 0 Å². The molecule has 0 radical (unpaired) electrons. The van der Waals surface area contributed by atoms with Crippen LogP contribution in [0.3, 0.4) is 0 Å². The Hall–Kier alpha value is 0.170. The van der Waals surface area contributed by atoms with Crippen molar-refractivity contribution in [2.75, 3.05) is 0 Å². The molecule has 0 unspecified atom stereocenters. The summed E-state index contributed by atoms with van der Waals surface area (Å²) in [7, 11) is 0. The third-order valence-electron chi connectivity index (χ3n) is 2.79. The smallest absolute Gasteiger partial charge is 0.0445 e. The second kappa shape index (κ2) is 6.56. The Labute approximate surface area is 134 Å². The van der Waals surface area contributed by atoms with Crippen LogP contribution in [0.2, 0.25) is 5.02 Å². The van der Waals surface area contributed by atoms with E-state index in [2.05, 4.69) is 57.0 Å². The van der Waals surface area contributed by atoms with Gasteiger partial charge >= 0.3 is 0 Å². The van der Waals surface area contributed by atoms with Crippen LogP contribution in [-0.2, 0) is 18.2 Å². The first-order chi connectivity index (χ1) is 8.63. The van der Waals surface area contributed by atoms with E-state index in [4.69, 9.17) is 11.6 Å². The van der Waals surface area contributed by atoms with Gasteiger partial charge in [-0.25, -0.2) is 0 Å². The number of alkyl halides is 1. The zero-order valence-corrected chi connectivity index (χ0v) is 14.7. The van der Waals surface area contributed by atoms with Gasteiger partial charge in [-0.3, -0.25) is 0 Å². The largest absolute Gasteiger partial charge is 0.145 e. The summed E-state index contributed by atoms with van der Waals surface area (Å²) in [5.41, 5.74) is 2.36. The molecular formula is C14H13Br2ClS. The number of rotatable bonds is 4. The Kier molecular flexibility index (Phi) is 5.31. The van der Waals surface area contributed by atoms with E-state index in [1.54, 1.807) is 0 Å². The van der Waals surface area contributed by atoms with Crippen LogP contribution in [0.5, 0.6) is 0 Å². The molecule has 1 heterocycles. The number of benzene rings is 1. The summed E-state index contributed by atoms with van der Waals surface area (Å²) >= 11 is 15.3. The van der Waals surface area contributed by atoms with Crippen molar-refractivity contribution in [3.63, 3.8) is 0 Å². The molecule has 0 atom stereocenters. The minimum atomic E-state index is 0.812. The van der Waals surface area contributed by atoms with Crippen LogP contribution in [0.1, 0.15) is 27.8 Å². The maximum absolute atomic E-state index is 6.33. The number of halogens is 3. The lowest BCUT2D eigenvalue weighted by Gasteiger charge is -2.07. The SMILES string of the molecule is CCc1ccc(Cc2cc(Br)c(CBr)cc2Cl)s1. The number of aryl methyl sites for hydroxylation is 1. The molecule has 4 heteroatoms. The van der Waals surface area contributed by atoms with Crippen LogP contribution in [0, 0.1) is 0 Å². The summed E-state index contributed by atoms with van der Waals surface area (Å²) in [6.07, 6.45) is 2.01. The van der Waals surface area contributed by atoms with Crippen molar-refractivity contribution in [2.24, 2.45) is 0 Å². The molecule has 0 bridgehead atoms. The van der Waals surface area contributed by atoms with Gasteiger partial charge in [0.15, 0.2) is 0 Å². The summed E-state index contributed by atoms with van der Waals surface area (Å²) in [4.78, 5) is 2.80. The lowest BCUT2D eigenvalue weighted by atomic mass is 10.1. The molecule has 96 valence electrons. The third kappa shape index (κ3) is 3.38. The molecular weight excluding hydrogens is 395 g/mol. The predicted molar refractivity (Wildman–Crippen MR) is 88.3 cm³/mol. The van der Waals surface area contributed by atoms with Crippen molar-refractivity contribution >= 4 is 54.8 Å². The molecule has 0 aliphatic rings. The van der Waals surface area contributed by atoms with Crippen molar-refractivity contribution in [3.8, 4) is 0 Å². The summed E-state index contributed by atoms with van der Waals surface area (Å²) in [6.45, 7) is 2.18. The predicted octanol–water partition coefficient (Wildman–Crippen LogP) is 6.21. The van der Waals surface area contributed by atoms with Gasteiger partial charge in [0.1, 0.15) is 0 Å². The highest BCUT2D eigenvalue weighted by Gasteiger charge is 2.08. The molecule has 0 aliphatic heterocycles. The fourth-order valence-corrected chi connectivity index (χ4v) is 4.37. The van der Waals surface area contributed by atoms with Crippen molar-refractivity contribution < 1.29 is 0 Å². The first kappa shape index (κ1) is 14.6. The molecule has 0 fully saturated rings. The van der Waals surface area contributed by atoms with Crippen LogP contribution in [0.15, 0.2) is 28.7 Å². The molecule has 1 aromatic carbocycles. The summed E-state index contributed by atoms with van der Waals surface area (Å²) in [5.74, 6) is 0. The van der Waals surface area contributed by atoms with Gasteiger partial charge in [0.05, 0.1) is 0 Å². The lowest BCUT2D eigenvalue weighted by Crippen LogP contribution is -1.90. The minimum Gasteiger partial charge on any atom is -0.145 e. The average Bonchev–Trinajstić information content (AvgIpc) is 2.81. The first-order valence-electron chi connectivity index (χ1n) is 5.74. The van der Waals surface area contributed by atoms with Gasteiger partial charge in [-0.05, 0) is 41.8 Å². The highest BCUT2D eigenvalue weighted by atomic mass is 79.9. The quantitative estimate of drug-likeness (QED) is 0.528. The van der Waals surface area contributed by atoms with Gasteiger partial charge in [0.25, 0.3) is 0 Å². The van der Waals surface area contributed by atoms with Crippen LogP contribution >= 0.6 is 54.8 Å². The van der Waals surface area contributed by atoms with Gasteiger partial charge < -0.3 is 0 Å². The van der Waals surface area contributed by atoms with Crippen LogP contribution in [0.25, 0.3) is 0 Å². The molecule has 0 N–H and O–H groups in total. The summed E-state index contributed by atoms with van der Waals surface area (Å²) < 4.78 is 1.12. The van der Waals surface area contributed by atoms with E-state index in [0.717, 1.165) is 27.7 Å². The number of hydrogen-bond acceptors (Lipinski definition) is 1. The van der Waals surface area contributed by atoms with Crippen molar-refractivity contribution in [3.05, 3.63) is 54.6 Å². The molecule has 0 amide bonds. The second-order valence-electron chi connectivity index (χ2n) is 4.07. The lowest BCUT2D eigenvalue weighted by molar-refractivity contribution is 1.19. The van der Waals surface area contributed by atoms with Crippen molar-refractivity contribution in [1.82, 2.24) is 0 Å². The standard InChI is InChI=1S/C14H13Br2ClS/c1-2-11-3-4-12(18-11)5-9-6-13(16)10(8-15)7-14(9)17/h3-4,6-7H,2,5,8H2,1H3.